The van der Waals surface area contributed by atoms with Gasteiger partial charge in [0, 0.05) is 26.5 Å². The topological polar surface area (TPSA) is 353 Å². The Morgan fingerprint density at radius 2 is 0.689 bits per heavy atom. The Labute approximate surface area is 793 Å². The van der Waals surface area contributed by atoms with E-state index in [1.165, 1.54) is 104 Å². The normalized spacial score (nSPS) is 25.2. The summed E-state index contributed by atoms with van der Waals surface area (Å²) in [7, 11) is 1.24. The van der Waals surface area contributed by atoms with E-state index in [1.807, 2.05) is 121 Å². The van der Waals surface area contributed by atoms with Crippen molar-refractivity contribution in [2.24, 2.45) is 0 Å². The Hall–Kier alpha value is -11.7. The second-order valence-corrected chi connectivity index (χ2v) is 34.3. The van der Waals surface area contributed by atoms with Gasteiger partial charge in [-0.1, -0.05) is 290 Å². The third kappa shape index (κ3) is 27.8. The molecule has 30 nitrogen and oxygen atoms in total. The number of nitrogens with one attached hydrogen (secondary N) is 1. The van der Waals surface area contributed by atoms with Crippen LogP contribution in [0.3, 0.4) is 0 Å². The molecule has 4 fully saturated rings. The first-order chi connectivity index (χ1) is 65.6. The number of aliphatic hydroxyl groups is 1. The Balaban J connectivity index is 0.937. The van der Waals surface area contributed by atoms with Gasteiger partial charge in [0.2, 0.25) is 9.58 Å². The van der Waals surface area contributed by atoms with Crippen molar-refractivity contribution in [3.8, 4) is 0 Å². The van der Waals surface area contributed by atoms with E-state index >= 15 is 24.0 Å². The lowest BCUT2D eigenvalue weighted by Crippen LogP contribution is -2.70. The molecule has 0 aliphatic carbocycles. The summed E-state index contributed by atoms with van der Waals surface area (Å²) in [6, 6.07) is 81.5. The number of aliphatic hydroxyl groups excluding tert-OH is 1. The molecule has 2 N–H and O–H groups in total. The van der Waals surface area contributed by atoms with Gasteiger partial charge in [0.25, 0.3) is 0 Å². The molecule has 708 valence electrons. The van der Waals surface area contributed by atoms with Crippen LogP contribution in [0.5, 0.6) is 0 Å². The van der Waals surface area contributed by atoms with Crippen molar-refractivity contribution in [3.63, 3.8) is 0 Å². The Kier molecular flexibility index (Phi) is 36.1. The fourth-order valence-electron chi connectivity index (χ4n) is 15.7. The van der Waals surface area contributed by atoms with Gasteiger partial charge in [-0.15, -0.1) is 0 Å². The van der Waals surface area contributed by atoms with E-state index in [1.54, 1.807) is 84.9 Å². The fraction of sp³-hybridized carbons (Fsp3) is 0.333. The van der Waals surface area contributed by atoms with Crippen LogP contribution in [-0.4, -0.2) is 219 Å². The highest BCUT2D eigenvalue weighted by Gasteiger charge is 2.61. The van der Waals surface area contributed by atoms with Crippen LogP contribution in [0, 0.1) is 0 Å². The first kappa shape index (κ1) is 99.2. The van der Waals surface area contributed by atoms with Gasteiger partial charge in [-0.05, 0) is 76.3 Å². The van der Waals surface area contributed by atoms with E-state index in [2.05, 4.69) is 5.32 Å². The van der Waals surface area contributed by atoms with Crippen LogP contribution in [0.1, 0.15) is 93.5 Å². The standard InChI is InChI=1S/C102H100Cl3NO29/c1-63(107)124-87-83(76(60-118-55-66-36-16-5-17-37-66)126-98(116-3)91(87)125-64(2)108)133-100-92(132-96(114)74-52-32-13-33-53-74)88(131-95(113)73-50-30-12-31-51-73)82(129-93(111)71-46-26-10-27-47-71)77(128-100)61-122-97-78(106-101(115)123-62-102(103,104)105)80(110)85(89(135-97)84(79(109)70-44-24-9-25-45-70)130-94(112)72-48-28-11-29-49-72)134-99-90(121-58-69-42-22-8-23-43-69)86(120-57-68-40-20-7-21-41-68)81(119-56-67-38-18-6-19-39-67)75(127-99)59-117-54-65-34-14-4-15-35-65/h4-53,75-78,80-92,97-100,110H,54-62H2,1-3H3,(H,106,115)/t75-,76-,77-,78+,80-,81+,82+,83-,84?,85+,86+,87+,88+,89-,90-,91-,92-,97-,98+,99+,100+/m1/s1. The third-order valence-corrected chi connectivity index (χ3v) is 22.5. The van der Waals surface area contributed by atoms with Crippen LogP contribution >= 0.6 is 34.8 Å². The number of Topliss-reactive ketones (excluding diaryl/α,β-unsaturated/α-hetero) is 1. The van der Waals surface area contributed by atoms with Gasteiger partial charge in [0.15, 0.2) is 61.8 Å². The number of methoxy groups -OCH3 is 1. The minimum atomic E-state index is -2.37. The van der Waals surface area contributed by atoms with Crippen LogP contribution in [0.25, 0.3) is 0 Å². The number of ether oxygens (including phenoxy) is 20. The predicted molar refractivity (Wildman–Crippen MR) is 484 cm³/mol. The van der Waals surface area contributed by atoms with Gasteiger partial charge in [0.05, 0.1) is 75.1 Å². The molecule has 21 atom stereocenters. The number of hydrogen-bond acceptors (Lipinski definition) is 29. The number of carbonyl (C=O) groups is 8. The molecule has 4 aliphatic rings. The lowest BCUT2D eigenvalue weighted by molar-refractivity contribution is -0.371. The second kappa shape index (κ2) is 49.2. The molecule has 10 aromatic carbocycles. The van der Waals surface area contributed by atoms with E-state index in [0.29, 0.717) is 11.1 Å². The van der Waals surface area contributed by atoms with Crippen molar-refractivity contribution in [1.82, 2.24) is 5.32 Å². The molecule has 33 heteroatoms. The number of carbonyl (C=O) groups excluding carboxylic acids is 8. The average Bonchev–Trinajstić information content (AvgIpc) is 0.682. The number of rotatable bonds is 40. The first-order valence-corrected chi connectivity index (χ1v) is 44.6. The molecule has 0 spiro atoms. The van der Waals surface area contributed by atoms with Gasteiger partial charge in [-0.25, -0.2) is 24.0 Å². The van der Waals surface area contributed by atoms with E-state index in [0.717, 1.165) is 30.5 Å². The zero-order valence-electron chi connectivity index (χ0n) is 73.4. The van der Waals surface area contributed by atoms with Crippen LogP contribution in [0.4, 0.5) is 4.79 Å². The van der Waals surface area contributed by atoms with Crippen molar-refractivity contribution in [2.45, 2.75) is 180 Å². The number of halogens is 3. The summed E-state index contributed by atoms with van der Waals surface area (Å²) in [5, 5.41) is 16.8. The number of hydrogen-bond donors (Lipinski definition) is 2. The highest BCUT2D eigenvalue weighted by molar-refractivity contribution is 6.67. The number of ketones is 1. The van der Waals surface area contributed by atoms with Crippen LogP contribution < -0.4 is 5.32 Å². The van der Waals surface area contributed by atoms with Gasteiger partial charge in [-0.3, -0.25) is 14.4 Å². The fourth-order valence-corrected chi connectivity index (χ4v) is 15.9. The summed E-state index contributed by atoms with van der Waals surface area (Å²) >= 11 is 18.8. The van der Waals surface area contributed by atoms with Gasteiger partial charge < -0.3 is 105 Å². The van der Waals surface area contributed by atoms with Crippen LogP contribution in [-0.2, 0) is 137 Å². The van der Waals surface area contributed by atoms with E-state index in [4.69, 9.17) is 130 Å². The number of alkyl halides is 3. The number of amides is 1. The van der Waals surface area contributed by atoms with Gasteiger partial charge in [0.1, 0.15) is 73.7 Å². The van der Waals surface area contributed by atoms with Crippen molar-refractivity contribution in [1.29, 1.82) is 0 Å². The van der Waals surface area contributed by atoms with Gasteiger partial charge >= 0.3 is 41.9 Å². The number of benzene rings is 10. The number of alkyl carbamates (subject to hydrolysis) is 1. The van der Waals surface area contributed by atoms with Crippen molar-refractivity contribution in [2.75, 3.05) is 33.5 Å². The van der Waals surface area contributed by atoms with Crippen LogP contribution in [0.15, 0.2) is 303 Å². The van der Waals surface area contributed by atoms with E-state index in [9.17, 15) is 19.5 Å². The molecule has 1 amide bonds. The SMILES string of the molecule is CO[C@H]1O[C@H](COCc2ccccc2)[C@@H](O[C@@H]2O[C@H](CO[C@@H]3O[C@H](C(OC(=O)c4ccccc4)C(=O)c4ccccc4)[C@@H](O[C@@H]4O[C@H](COCc5ccccc5)[C@H](OCc5ccccc5)[C@H](OCc5ccccc5)[C@H]4OCc4ccccc4)[C@H](O)[C@@H]3NC(=O)OCC(Cl)(Cl)Cl)[C@H](OC(=O)c3ccccc3)[C@H](OC(=O)c3ccccc3)[C@H]2OC(=O)c2ccccc2)[C@H](OC(C)=O)[C@H]1OC(C)=O. The summed E-state index contributed by atoms with van der Waals surface area (Å²) in [6.07, 6.45) is -38.6. The lowest BCUT2D eigenvalue weighted by Gasteiger charge is -2.50. The van der Waals surface area contributed by atoms with Crippen molar-refractivity contribution < 1.29 is 138 Å². The molecule has 0 bridgehead atoms. The maximum absolute atomic E-state index is 16.2. The molecule has 4 saturated heterocycles. The predicted octanol–water partition coefficient (Wildman–Crippen LogP) is 14.0. The molecule has 10 aromatic rings. The highest BCUT2D eigenvalue weighted by atomic mass is 35.6. The molecule has 4 heterocycles. The monoisotopic (exact) mass is 1910 g/mol. The number of esters is 6. The maximum Gasteiger partial charge on any atom is 0.407 e. The summed E-state index contributed by atoms with van der Waals surface area (Å²) in [5.41, 5.74) is 3.18. The third-order valence-electron chi connectivity index (χ3n) is 22.1. The summed E-state index contributed by atoms with van der Waals surface area (Å²) in [4.78, 5) is 119. The zero-order valence-corrected chi connectivity index (χ0v) is 75.6. The summed E-state index contributed by atoms with van der Waals surface area (Å²) in [5.74, 6) is -7.30. The minimum Gasteiger partial charge on any atom is -0.455 e. The summed E-state index contributed by atoms with van der Waals surface area (Å²) < 4.78 is 131. The Bertz CT molecular complexity index is 5410. The lowest BCUT2D eigenvalue weighted by atomic mass is 9.89. The van der Waals surface area contributed by atoms with Gasteiger partial charge in [-0.2, -0.15) is 0 Å². The molecule has 135 heavy (non-hydrogen) atoms. The van der Waals surface area contributed by atoms with Crippen molar-refractivity contribution in [3.05, 3.63) is 359 Å². The zero-order chi connectivity index (χ0) is 94.6. The molecule has 4 aliphatic heterocycles. The van der Waals surface area contributed by atoms with Crippen LogP contribution in [0.2, 0.25) is 0 Å². The average molecular weight is 1910 g/mol. The molecule has 1 unspecified atom stereocenters. The largest absolute Gasteiger partial charge is 0.455 e. The molecule has 0 aromatic heterocycles. The van der Waals surface area contributed by atoms with E-state index < -0.39 is 200 Å². The molecular formula is C102H100Cl3NO29. The molecule has 14 rings (SSSR count). The molecule has 0 radical (unpaired) electrons. The smallest absolute Gasteiger partial charge is 0.407 e. The van der Waals surface area contributed by atoms with Crippen molar-refractivity contribution >= 4 is 82.5 Å². The maximum atomic E-state index is 16.2. The Morgan fingerprint density at radius 3 is 1.13 bits per heavy atom. The minimum absolute atomic E-state index is 0.00893. The van der Waals surface area contributed by atoms with E-state index in [-0.39, 0.29) is 67.5 Å². The summed E-state index contributed by atoms with van der Waals surface area (Å²) in [6.45, 7) is -0.820. The Morgan fingerprint density at radius 1 is 0.348 bits per heavy atom. The highest BCUT2D eigenvalue weighted by Crippen LogP contribution is 2.41. The molecular weight excluding hydrogens is 1810 g/mol. The second-order valence-electron chi connectivity index (χ2n) is 31.8. The quantitative estimate of drug-likeness (QED) is 0.0156. The molecule has 0 saturated carbocycles. The first-order valence-electron chi connectivity index (χ1n) is 43.5.